The van der Waals surface area contributed by atoms with Crippen LogP contribution in [0.3, 0.4) is 0 Å². The van der Waals surface area contributed by atoms with Gasteiger partial charge < -0.3 is 5.11 Å². The molecule has 0 unspecified atom stereocenters. The van der Waals surface area contributed by atoms with Gasteiger partial charge in [-0.15, -0.1) is 6.61 Å². The fourth-order valence-electron chi connectivity index (χ4n) is 0.241. The average Bonchev–Trinajstić information content (AvgIpc) is 1.59. The molecule has 0 rings (SSSR count). The molecule has 0 fully saturated rings. The van der Waals surface area contributed by atoms with Crippen LogP contribution in [0, 0.1) is 0 Å². The maximum absolute atomic E-state index is 9.81. The van der Waals surface area contributed by atoms with Crippen LogP contribution in [0.15, 0.2) is 0 Å². The van der Waals surface area contributed by atoms with Gasteiger partial charge in [-0.25, -0.2) is 0 Å². The third kappa shape index (κ3) is 12.1. The van der Waals surface area contributed by atoms with Gasteiger partial charge in [-0.1, -0.05) is 6.42 Å². The van der Waals surface area contributed by atoms with E-state index in [-0.39, 0.29) is 36.0 Å². The molecule has 4 nitrogen and oxygen atoms in total. The summed E-state index contributed by atoms with van der Waals surface area (Å²) >= 11 is 0. The molecule has 0 amide bonds. The van der Waals surface area contributed by atoms with E-state index in [2.05, 4.69) is 0 Å². The Hall–Kier alpha value is 0.870. The van der Waals surface area contributed by atoms with Crippen LogP contribution in [-0.2, 0) is 10.1 Å². The van der Waals surface area contributed by atoms with Gasteiger partial charge in [-0.2, -0.15) is 8.42 Å². The van der Waals surface area contributed by atoms with Crippen LogP contribution in [0.5, 0.6) is 0 Å². The number of rotatable bonds is 3. The number of hydrogen-bond donors (Lipinski definition) is 1. The molecule has 0 atom stereocenters. The van der Waals surface area contributed by atoms with Crippen molar-refractivity contribution in [2.24, 2.45) is 0 Å². The fourth-order valence-corrected chi connectivity index (χ4v) is 0.724. The predicted molar refractivity (Wildman–Crippen MR) is 25.9 cm³/mol. The van der Waals surface area contributed by atoms with Crippen molar-refractivity contribution in [3.8, 4) is 0 Å². The van der Waals surface area contributed by atoms with Crippen molar-refractivity contribution in [2.75, 3.05) is 12.4 Å². The first-order chi connectivity index (χ1) is 3.56. The first-order valence-corrected chi connectivity index (χ1v) is 3.70. The monoisotopic (exact) mass is 162 g/mol. The van der Waals surface area contributed by atoms with Crippen LogP contribution >= 0.6 is 0 Å². The zero-order chi connectivity index (χ0) is 6.62. The summed E-state index contributed by atoms with van der Waals surface area (Å²) in [4.78, 5) is 0. The molecule has 50 valence electrons. The van der Waals surface area contributed by atoms with Gasteiger partial charge in [0, 0.05) is 0 Å². The predicted octanol–water partition coefficient (Wildman–Crippen LogP) is -4.37. The fraction of sp³-hybridized carbons (Fsp3) is 1.00. The Morgan fingerprint density at radius 3 is 2.00 bits per heavy atom. The van der Waals surface area contributed by atoms with Gasteiger partial charge in [-0.05, 0) is 0 Å². The standard InChI is InChI=1S/C3H7O4S.Na/c4-2-1-3-8(5,6)7;/h1-3H2,(H,5,6,7);/q-1;+1. The first kappa shape index (κ1) is 12.5. The molecule has 0 aromatic carbocycles. The summed E-state index contributed by atoms with van der Waals surface area (Å²) in [7, 11) is -3.89. The minimum Gasteiger partial charge on any atom is -0.854 e. The van der Waals surface area contributed by atoms with E-state index in [4.69, 9.17) is 4.55 Å². The second-order valence-corrected chi connectivity index (χ2v) is 2.92. The molecule has 0 saturated heterocycles. The Morgan fingerprint density at radius 1 is 1.44 bits per heavy atom. The van der Waals surface area contributed by atoms with Crippen LogP contribution < -0.4 is 34.7 Å². The maximum Gasteiger partial charge on any atom is 1.00 e. The minimum atomic E-state index is -3.89. The van der Waals surface area contributed by atoms with Gasteiger partial charge in [0.1, 0.15) is 0 Å². The Morgan fingerprint density at radius 2 is 1.89 bits per heavy atom. The molecule has 0 aliphatic carbocycles. The van der Waals surface area contributed by atoms with Gasteiger partial charge in [0.2, 0.25) is 0 Å². The molecule has 0 radical (unpaired) electrons. The van der Waals surface area contributed by atoms with Crippen LogP contribution in [-0.4, -0.2) is 25.3 Å². The third-order valence-corrected chi connectivity index (χ3v) is 1.35. The summed E-state index contributed by atoms with van der Waals surface area (Å²) in [5.41, 5.74) is 0. The van der Waals surface area contributed by atoms with Gasteiger partial charge in [0.25, 0.3) is 10.1 Å². The first-order valence-electron chi connectivity index (χ1n) is 2.09. The molecular formula is C3H7NaO4S. The van der Waals surface area contributed by atoms with Crippen molar-refractivity contribution in [1.82, 2.24) is 0 Å². The van der Waals surface area contributed by atoms with Crippen LogP contribution in [0.2, 0.25) is 0 Å². The van der Waals surface area contributed by atoms with E-state index < -0.39 is 22.5 Å². The van der Waals surface area contributed by atoms with Crippen LogP contribution in [0.25, 0.3) is 0 Å². The molecule has 0 aliphatic heterocycles. The Balaban J connectivity index is 0. The van der Waals surface area contributed by atoms with E-state index in [0.717, 1.165) is 0 Å². The van der Waals surface area contributed by atoms with Crippen LogP contribution in [0.1, 0.15) is 6.42 Å². The molecule has 9 heavy (non-hydrogen) atoms. The summed E-state index contributed by atoms with van der Waals surface area (Å²) in [6, 6.07) is 0. The van der Waals surface area contributed by atoms with Crippen molar-refractivity contribution in [2.45, 2.75) is 6.42 Å². The van der Waals surface area contributed by atoms with Crippen molar-refractivity contribution in [1.29, 1.82) is 0 Å². The third-order valence-electron chi connectivity index (χ3n) is 0.547. The molecule has 0 bridgehead atoms. The van der Waals surface area contributed by atoms with E-state index in [1.165, 1.54) is 0 Å². The summed E-state index contributed by atoms with van der Waals surface area (Å²) in [5, 5.41) is 9.60. The smallest absolute Gasteiger partial charge is 0.854 e. The molecule has 6 heteroatoms. The van der Waals surface area contributed by atoms with Crippen molar-refractivity contribution in [3.05, 3.63) is 0 Å². The number of hydrogen-bond acceptors (Lipinski definition) is 3. The summed E-state index contributed by atoms with van der Waals surface area (Å²) < 4.78 is 27.6. The minimum absolute atomic E-state index is 0. The second kappa shape index (κ2) is 5.64. The van der Waals surface area contributed by atoms with Gasteiger partial charge >= 0.3 is 29.6 Å². The molecule has 0 aliphatic rings. The SMILES string of the molecule is O=S(=O)(O)CCC[O-].[Na+]. The summed E-state index contributed by atoms with van der Waals surface area (Å²) in [5.74, 6) is -0.420. The molecule has 0 aromatic heterocycles. The summed E-state index contributed by atoms with van der Waals surface area (Å²) in [6.07, 6.45) is -0.0150. The van der Waals surface area contributed by atoms with Crippen molar-refractivity contribution >= 4 is 10.1 Å². The Bertz CT molecular complexity index is 140. The molecule has 0 saturated carbocycles. The second-order valence-electron chi connectivity index (χ2n) is 1.34. The van der Waals surface area contributed by atoms with Gasteiger partial charge in [0.15, 0.2) is 0 Å². The zero-order valence-electron chi connectivity index (χ0n) is 5.20. The van der Waals surface area contributed by atoms with E-state index >= 15 is 0 Å². The molecule has 0 aromatic rings. The van der Waals surface area contributed by atoms with E-state index in [0.29, 0.717) is 0 Å². The molecule has 0 heterocycles. The van der Waals surface area contributed by atoms with E-state index in [9.17, 15) is 13.5 Å². The van der Waals surface area contributed by atoms with Gasteiger partial charge in [-0.3, -0.25) is 4.55 Å². The van der Waals surface area contributed by atoms with E-state index in [1.807, 2.05) is 0 Å². The normalized spacial score (nSPS) is 10.4. The summed E-state index contributed by atoms with van der Waals surface area (Å²) in [6.45, 7) is -0.459. The maximum atomic E-state index is 9.81. The molecular weight excluding hydrogens is 155 g/mol. The van der Waals surface area contributed by atoms with Crippen molar-refractivity contribution < 1.29 is 47.6 Å². The molecule has 0 spiro atoms. The Kier molecular flexibility index (Phi) is 7.86. The topological polar surface area (TPSA) is 77.4 Å². The average molecular weight is 162 g/mol. The van der Waals surface area contributed by atoms with Gasteiger partial charge in [0.05, 0.1) is 5.75 Å². The van der Waals surface area contributed by atoms with E-state index in [1.54, 1.807) is 0 Å². The molecule has 1 N–H and O–H groups in total. The quantitative estimate of drug-likeness (QED) is 0.336. The van der Waals surface area contributed by atoms with Crippen LogP contribution in [0.4, 0.5) is 0 Å². The Labute approximate surface area is 76.3 Å². The van der Waals surface area contributed by atoms with Crippen molar-refractivity contribution in [3.63, 3.8) is 0 Å². The zero-order valence-corrected chi connectivity index (χ0v) is 8.02. The largest absolute Gasteiger partial charge is 1.00 e.